The summed E-state index contributed by atoms with van der Waals surface area (Å²) in [5.74, 6) is -0.942. The van der Waals surface area contributed by atoms with Crippen molar-refractivity contribution in [2.75, 3.05) is 18.9 Å². The predicted molar refractivity (Wildman–Crippen MR) is 108 cm³/mol. The van der Waals surface area contributed by atoms with Crippen LogP contribution in [0.3, 0.4) is 0 Å². The van der Waals surface area contributed by atoms with Crippen molar-refractivity contribution in [3.8, 4) is 0 Å². The van der Waals surface area contributed by atoms with Gasteiger partial charge in [0.1, 0.15) is 0 Å². The van der Waals surface area contributed by atoms with Crippen LogP contribution in [-0.2, 0) is 9.47 Å². The Hall–Kier alpha value is -2.82. The number of para-hydroxylation sites is 1. The molecular formula is C22H29NO4. The summed E-state index contributed by atoms with van der Waals surface area (Å²) in [4.78, 5) is 23.9. The summed E-state index contributed by atoms with van der Waals surface area (Å²) in [5.41, 5.74) is 6.72. The van der Waals surface area contributed by atoms with Crippen molar-refractivity contribution in [1.82, 2.24) is 0 Å². The van der Waals surface area contributed by atoms with Gasteiger partial charge in [-0.25, -0.2) is 9.59 Å². The molecule has 2 rings (SSSR count). The zero-order valence-electron chi connectivity index (χ0n) is 16.1. The third-order valence-electron chi connectivity index (χ3n) is 3.63. The van der Waals surface area contributed by atoms with E-state index in [1.165, 1.54) is 0 Å². The maximum absolute atomic E-state index is 11.9. The fourth-order valence-electron chi connectivity index (χ4n) is 2.07. The molecule has 0 aliphatic carbocycles. The minimum atomic E-state index is -0.471. The predicted octanol–water partition coefficient (Wildman–Crippen LogP) is 4.87. The number of rotatable bonds is 8. The minimum Gasteiger partial charge on any atom is -0.462 e. The molecule has 146 valence electrons. The first-order valence-corrected chi connectivity index (χ1v) is 9.33. The van der Waals surface area contributed by atoms with Crippen LogP contribution >= 0.6 is 0 Å². The van der Waals surface area contributed by atoms with Gasteiger partial charge in [-0.1, -0.05) is 57.0 Å². The van der Waals surface area contributed by atoms with Crippen LogP contribution in [0.4, 0.5) is 5.69 Å². The van der Waals surface area contributed by atoms with E-state index in [2.05, 4.69) is 0 Å². The van der Waals surface area contributed by atoms with Gasteiger partial charge < -0.3 is 15.2 Å². The Morgan fingerprint density at radius 3 is 1.48 bits per heavy atom. The molecule has 0 atom stereocenters. The first-order chi connectivity index (χ1) is 13.1. The highest BCUT2D eigenvalue weighted by molar-refractivity contribution is 6.03. The number of unbranched alkanes of at least 4 members (excludes halogenated alkanes) is 2. The van der Waals surface area contributed by atoms with Crippen molar-refractivity contribution in [1.29, 1.82) is 0 Å². The number of esters is 2. The van der Waals surface area contributed by atoms with Crippen LogP contribution in [0.25, 0.3) is 0 Å². The molecular weight excluding hydrogens is 342 g/mol. The molecule has 0 fully saturated rings. The van der Waals surface area contributed by atoms with Crippen LogP contribution in [0.2, 0.25) is 0 Å². The number of nitrogens with two attached hydrogens (primary N) is 1. The maximum Gasteiger partial charge on any atom is 0.339 e. The van der Waals surface area contributed by atoms with Crippen LogP contribution in [-0.4, -0.2) is 25.2 Å². The van der Waals surface area contributed by atoms with E-state index in [1.807, 2.05) is 44.2 Å². The van der Waals surface area contributed by atoms with Crippen molar-refractivity contribution in [2.45, 2.75) is 39.5 Å². The van der Waals surface area contributed by atoms with E-state index in [4.69, 9.17) is 15.2 Å². The number of hydrogen-bond acceptors (Lipinski definition) is 5. The highest BCUT2D eigenvalue weighted by atomic mass is 16.5. The Morgan fingerprint density at radius 2 is 1.15 bits per heavy atom. The molecule has 0 spiro atoms. The quantitative estimate of drug-likeness (QED) is 0.407. The van der Waals surface area contributed by atoms with Crippen LogP contribution in [0, 0.1) is 0 Å². The zero-order chi connectivity index (χ0) is 19.9. The van der Waals surface area contributed by atoms with Gasteiger partial charge in [-0.05, 0) is 37.1 Å². The second-order valence-electron chi connectivity index (χ2n) is 5.94. The standard InChI is InChI=1S/C16H22O4.C6H7N/c1-3-5-11-19-15(17)13-9-7-8-10-14(13)16(18)20-12-6-4-2;7-6-4-2-1-3-5-6/h7-10H,3-6,11-12H2,1-2H3;1-5H,7H2. The number of anilines is 1. The average Bonchev–Trinajstić information content (AvgIpc) is 2.69. The highest BCUT2D eigenvalue weighted by Crippen LogP contribution is 2.12. The van der Waals surface area contributed by atoms with E-state index in [9.17, 15) is 9.59 Å². The summed E-state index contributed by atoms with van der Waals surface area (Å²) in [6.07, 6.45) is 3.53. The number of benzene rings is 2. The lowest BCUT2D eigenvalue weighted by molar-refractivity contribution is 0.0452. The van der Waals surface area contributed by atoms with Gasteiger partial charge in [0.15, 0.2) is 0 Å². The molecule has 2 aromatic carbocycles. The summed E-state index contributed by atoms with van der Waals surface area (Å²) in [7, 11) is 0. The van der Waals surface area contributed by atoms with Crippen LogP contribution in [0.15, 0.2) is 54.6 Å². The summed E-state index contributed by atoms with van der Waals surface area (Å²) in [6, 6.07) is 16.1. The van der Waals surface area contributed by atoms with E-state index in [0.29, 0.717) is 13.2 Å². The molecule has 0 aliphatic heterocycles. The summed E-state index contributed by atoms with van der Waals surface area (Å²) in [6.45, 7) is 4.78. The Kier molecular flexibility index (Phi) is 11.0. The van der Waals surface area contributed by atoms with Gasteiger partial charge in [0.05, 0.1) is 24.3 Å². The number of carbonyl (C=O) groups is 2. The molecule has 0 aromatic heterocycles. The molecule has 0 amide bonds. The van der Waals surface area contributed by atoms with Crippen LogP contribution < -0.4 is 5.73 Å². The Balaban J connectivity index is 0.000000433. The fraction of sp³-hybridized carbons (Fsp3) is 0.364. The lowest BCUT2D eigenvalue weighted by Crippen LogP contribution is -2.14. The second-order valence-corrected chi connectivity index (χ2v) is 5.94. The van der Waals surface area contributed by atoms with Crippen molar-refractivity contribution in [2.24, 2.45) is 0 Å². The Bertz CT molecular complexity index is 645. The zero-order valence-corrected chi connectivity index (χ0v) is 16.1. The normalized spacial score (nSPS) is 9.70. The van der Waals surface area contributed by atoms with Crippen molar-refractivity contribution in [3.63, 3.8) is 0 Å². The molecule has 0 heterocycles. The van der Waals surface area contributed by atoms with Gasteiger partial charge in [0, 0.05) is 5.69 Å². The summed E-state index contributed by atoms with van der Waals surface area (Å²) < 4.78 is 10.3. The topological polar surface area (TPSA) is 78.6 Å². The van der Waals surface area contributed by atoms with Gasteiger partial charge >= 0.3 is 11.9 Å². The molecule has 0 saturated heterocycles. The number of ether oxygens (including phenoxy) is 2. The third kappa shape index (κ3) is 8.90. The van der Waals surface area contributed by atoms with Gasteiger partial charge in [-0.3, -0.25) is 0 Å². The van der Waals surface area contributed by atoms with Crippen LogP contribution in [0.5, 0.6) is 0 Å². The molecule has 2 aromatic rings. The highest BCUT2D eigenvalue weighted by Gasteiger charge is 2.18. The molecule has 5 heteroatoms. The Morgan fingerprint density at radius 1 is 0.741 bits per heavy atom. The van der Waals surface area contributed by atoms with Crippen molar-refractivity contribution >= 4 is 17.6 Å². The third-order valence-corrected chi connectivity index (χ3v) is 3.63. The van der Waals surface area contributed by atoms with E-state index in [0.717, 1.165) is 31.4 Å². The van der Waals surface area contributed by atoms with E-state index < -0.39 is 11.9 Å². The number of carbonyl (C=O) groups excluding carboxylic acids is 2. The SMILES string of the molecule is CCCCOC(=O)c1ccccc1C(=O)OCCCC.Nc1ccccc1. The largest absolute Gasteiger partial charge is 0.462 e. The molecule has 0 unspecified atom stereocenters. The lowest BCUT2D eigenvalue weighted by Gasteiger charge is -2.09. The number of hydrogen-bond donors (Lipinski definition) is 1. The van der Waals surface area contributed by atoms with Crippen molar-refractivity contribution in [3.05, 3.63) is 65.7 Å². The Labute approximate surface area is 161 Å². The van der Waals surface area contributed by atoms with Crippen molar-refractivity contribution < 1.29 is 19.1 Å². The van der Waals surface area contributed by atoms with Gasteiger partial charge in [0.25, 0.3) is 0 Å². The van der Waals surface area contributed by atoms with Gasteiger partial charge in [0.2, 0.25) is 0 Å². The molecule has 0 aliphatic rings. The number of nitrogen functional groups attached to an aromatic ring is 1. The van der Waals surface area contributed by atoms with E-state index >= 15 is 0 Å². The average molecular weight is 371 g/mol. The first-order valence-electron chi connectivity index (χ1n) is 9.33. The lowest BCUT2D eigenvalue weighted by atomic mass is 10.1. The monoisotopic (exact) mass is 371 g/mol. The maximum atomic E-state index is 11.9. The molecule has 0 radical (unpaired) electrons. The molecule has 0 bridgehead atoms. The first kappa shape index (κ1) is 22.2. The second kappa shape index (κ2) is 13.4. The molecule has 27 heavy (non-hydrogen) atoms. The van der Waals surface area contributed by atoms with E-state index in [1.54, 1.807) is 24.3 Å². The minimum absolute atomic E-state index is 0.269. The van der Waals surface area contributed by atoms with E-state index in [-0.39, 0.29) is 11.1 Å². The smallest absolute Gasteiger partial charge is 0.339 e. The van der Waals surface area contributed by atoms with Gasteiger partial charge in [-0.2, -0.15) is 0 Å². The molecule has 0 saturated carbocycles. The molecule has 2 N–H and O–H groups in total. The summed E-state index contributed by atoms with van der Waals surface area (Å²) in [5, 5.41) is 0. The molecule has 5 nitrogen and oxygen atoms in total. The fourth-order valence-corrected chi connectivity index (χ4v) is 2.07. The summed E-state index contributed by atoms with van der Waals surface area (Å²) >= 11 is 0. The van der Waals surface area contributed by atoms with Crippen LogP contribution in [0.1, 0.15) is 60.2 Å². The van der Waals surface area contributed by atoms with Gasteiger partial charge in [-0.15, -0.1) is 0 Å².